The molecule has 0 aliphatic heterocycles. The lowest BCUT2D eigenvalue weighted by Crippen LogP contribution is -2.10. The third-order valence-corrected chi connectivity index (χ3v) is 14.4. The average molecular weight is 953 g/mol. The molecule has 8 aromatic heterocycles. The van der Waals surface area contributed by atoms with Crippen molar-refractivity contribution in [2.75, 3.05) is 9.80 Å². The molecular formula is C64H36N6O4. The van der Waals surface area contributed by atoms with Crippen LogP contribution < -0.4 is 9.80 Å². The summed E-state index contributed by atoms with van der Waals surface area (Å²) in [6.07, 6.45) is 5.30. The number of furan rings is 4. The standard InChI is InChI=1S/C64H36N6O4/c1-2-10-39-30-40(17-16-37(39)8-1)69(43-18-22-46-48-13-6-28-65-62(48)74-60(46)33-43)41-20-26-58-52(31-41)50-24-25-54(68-64(50)73-58)55-35-53-47-23-19-44(34-59(47)71-61(53)36-67-55)70(56-15-5-11-38-9-3-4-12-45(38)56)42-21-27-57-51(32-42)49-14-7-29-66-63(49)72-57/h1-36H. The summed E-state index contributed by atoms with van der Waals surface area (Å²) in [6, 6.07) is 69.3. The molecule has 8 aromatic carbocycles. The van der Waals surface area contributed by atoms with E-state index in [4.69, 9.17) is 27.6 Å². The van der Waals surface area contributed by atoms with Gasteiger partial charge in [0.1, 0.15) is 22.3 Å². The molecule has 0 fully saturated rings. The minimum Gasteiger partial charge on any atom is -0.454 e. The van der Waals surface area contributed by atoms with Crippen LogP contribution in [-0.4, -0.2) is 19.9 Å². The number of hydrogen-bond donors (Lipinski definition) is 0. The van der Waals surface area contributed by atoms with Crippen molar-refractivity contribution in [2.24, 2.45) is 0 Å². The second kappa shape index (κ2) is 15.6. The van der Waals surface area contributed by atoms with E-state index in [1.165, 1.54) is 5.39 Å². The Morgan fingerprint density at radius 2 is 0.824 bits per heavy atom. The van der Waals surface area contributed by atoms with Gasteiger partial charge in [-0.2, -0.15) is 0 Å². The zero-order valence-corrected chi connectivity index (χ0v) is 39.1. The van der Waals surface area contributed by atoms with Crippen LogP contribution in [0, 0.1) is 0 Å². The van der Waals surface area contributed by atoms with Crippen molar-refractivity contribution in [3.63, 3.8) is 0 Å². The van der Waals surface area contributed by atoms with Crippen LogP contribution in [-0.2, 0) is 0 Å². The summed E-state index contributed by atoms with van der Waals surface area (Å²) in [4.78, 5) is 23.5. The van der Waals surface area contributed by atoms with Gasteiger partial charge in [-0.15, -0.1) is 0 Å². The summed E-state index contributed by atoms with van der Waals surface area (Å²) in [5.74, 6) is 0. The van der Waals surface area contributed by atoms with Gasteiger partial charge in [0, 0.05) is 101 Å². The molecule has 0 spiro atoms. The molecule has 0 amide bonds. The number of anilines is 6. The number of benzene rings is 8. The van der Waals surface area contributed by atoms with Crippen molar-refractivity contribution in [1.29, 1.82) is 0 Å². The second-order valence-electron chi connectivity index (χ2n) is 18.7. The molecule has 0 N–H and O–H groups in total. The number of hydrogen-bond acceptors (Lipinski definition) is 10. The van der Waals surface area contributed by atoms with Crippen LogP contribution in [0.15, 0.2) is 236 Å². The van der Waals surface area contributed by atoms with Gasteiger partial charge in [-0.25, -0.2) is 15.0 Å². The zero-order chi connectivity index (χ0) is 48.4. The van der Waals surface area contributed by atoms with E-state index in [-0.39, 0.29) is 0 Å². The first-order valence-electron chi connectivity index (χ1n) is 24.4. The van der Waals surface area contributed by atoms with E-state index in [2.05, 4.69) is 184 Å². The molecular weight excluding hydrogens is 917 g/mol. The molecule has 8 heterocycles. The molecule has 16 aromatic rings. The Kier molecular flexibility index (Phi) is 8.51. The first kappa shape index (κ1) is 40.4. The maximum absolute atomic E-state index is 6.61. The van der Waals surface area contributed by atoms with Crippen LogP contribution in [0.3, 0.4) is 0 Å². The summed E-state index contributed by atoms with van der Waals surface area (Å²) in [5.41, 5.74) is 12.7. The summed E-state index contributed by atoms with van der Waals surface area (Å²) >= 11 is 0. The number of aromatic nitrogens is 4. The Morgan fingerprint density at radius 1 is 0.284 bits per heavy atom. The Labute approximate surface area is 419 Å². The highest BCUT2D eigenvalue weighted by molar-refractivity contribution is 6.11. The minimum absolute atomic E-state index is 0.526. The fourth-order valence-electron chi connectivity index (χ4n) is 10.9. The van der Waals surface area contributed by atoms with E-state index in [1.807, 2.05) is 36.4 Å². The van der Waals surface area contributed by atoms with Crippen molar-refractivity contribution in [1.82, 2.24) is 19.9 Å². The van der Waals surface area contributed by atoms with E-state index in [1.54, 1.807) is 18.6 Å². The van der Waals surface area contributed by atoms with Gasteiger partial charge in [-0.1, -0.05) is 66.7 Å². The summed E-state index contributed by atoms with van der Waals surface area (Å²) < 4.78 is 25.5. The third-order valence-electron chi connectivity index (χ3n) is 14.4. The van der Waals surface area contributed by atoms with Crippen LogP contribution >= 0.6 is 0 Å². The van der Waals surface area contributed by atoms with Crippen molar-refractivity contribution >= 4 is 144 Å². The van der Waals surface area contributed by atoms with Gasteiger partial charge in [0.25, 0.3) is 0 Å². The predicted molar refractivity (Wildman–Crippen MR) is 297 cm³/mol. The van der Waals surface area contributed by atoms with E-state index in [9.17, 15) is 0 Å². The van der Waals surface area contributed by atoms with Crippen LogP contribution in [0.5, 0.6) is 0 Å². The van der Waals surface area contributed by atoms with E-state index >= 15 is 0 Å². The molecule has 10 heteroatoms. The Balaban J connectivity index is 0.780. The van der Waals surface area contributed by atoms with E-state index in [0.717, 1.165) is 116 Å². The minimum atomic E-state index is 0.526. The molecule has 0 saturated heterocycles. The van der Waals surface area contributed by atoms with Gasteiger partial charge in [-0.3, -0.25) is 4.98 Å². The van der Waals surface area contributed by atoms with Gasteiger partial charge in [-0.05, 0) is 137 Å². The highest BCUT2D eigenvalue weighted by atomic mass is 16.3. The Hall–Kier alpha value is -10.3. The lowest BCUT2D eigenvalue weighted by Gasteiger charge is -2.27. The number of rotatable bonds is 7. The Bertz CT molecular complexity index is 4970. The summed E-state index contributed by atoms with van der Waals surface area (Å²) in [6.45, 7) is 0. The van der Waals surface area contributed by atoms with Gasteiger partial charge in [0.2, 0.25) is 17.1 Å². The molecule has 16 rings (SSSR count). The SMILES string of the molecule is c1ccc2cc(N(c3ccc4c(c3)oc3ncccc34)c3ccc4oc5nc(-c6cc7c(cn6)oc6cc(N(c8ccc9oc%10ncccc%10c9c8)c8cccc9ccccc89)ccc67)ccc5c4c3)ccc2c1. The Morgan fingerprint density at radius 3 is 1.62 bits per heavy atom. The first-order valence-corrected chi connectivity index (χ1v) is 24.4. The molecule has 0 saturated carbocycles. The molecule has 0 radical (unpaired) electrons. The number of nitrogens with zero attached hydrogens (tertiary/aromatic N) is 6. The van der Waals surface area contributed by atoms with Gasteiger partial charge in [0.15, 0.2) is 5.58 Å². The summed E-state index contributed by atoms with van der Waals surface area (Å²) in [5, 5.41) is 12.3. The summed E-state index contributed by atoms with van der Waals surface area (Å²) in [7, 11) is 0. The lowest BCUT2D eigenvalue weighted by atomic mass is 10.1. The molecule has 0 atom stereocenters. The number of fused-ring (bicyclic) bond motifs is 14. The highest BCUT2D eigenvalue weighted by Gasteiger charge is 2.22. The molecule has 0 unspecified atom stereocenters. The normalized spacial score (nSPS) is 12.1. The quantitative estimate of drug-likeness (QED) is 0.153. The van der Waals surface area contributed by atoms with Gasteiger partial charge >= 0.3 is 0 Å². The van der Waals surface area contributed by atoms with Crippen molar-refractivity contribution < 1.29 is 17.7 Å². The largest absolute Gasteiger partial charge is 0.454 e. The smallest absolute Gasteiger partial charge is 0.227 e. The monoisotopic (exact) mass is 952 g/mol. The topological polar surface area (TPSA) is 111 Å². The van der Waals surface area contributed by atoms with Crippen LogP contribution in [0.4, 0.5) is 34.1 Å². The maximum Gasteiger partial charge on any atom is 0.227 e. The number of pyridine rings is 4. The van der Waals surface area contributed by atoms with Crippen molar-refractivity contribution in [3.8, 4) is 11.4 Å². The highest BCUT2D eigenvalue weighted by Crippen LogP contribution is 2.45. The van der Waals surface area contributed by atoms with E-state index in [0.29, 0.717) is 34.1 Å². The van der Waals surface area contributed by atoms with Crippen molar-refractivity contribution in [3.05, 3.63) is 219 Å². The van der Waals surface area contributed by atoms with E-state index < -0.39 is 0 Å². The predicted octanol–water partition coefficient (Wildman–Crippen LogP) is 17.8. The fraction of sp³-hybridized carbons (Fsp3) is 0. The molecule has 0 aliphatic carbocycles. The first-order chi connectivity index (χ1) is 36.6. The maximum atomic E-state index is 6.61. The second-order valence-corrected chi connectivity index (χ2v) is 18.7. The molecule has 10 nitrogen and oxygen atoms in total. The van der Waals surface area contributed by atoms with Crippen LogP contribution in [0.1, 0.15) is 0 Å². The lowest BCUT2D eigenvalue weighted by molar-refractivity contribution is 0.653. The molecule has 346 valence electrons. The molecule has 0 bridgehead atoms. The molecule has 74 heavy (non-hydrogen) atoms. The fourth-order valence-corrected chi connectivity index (χ4v) is 10.9. The van der Waals surface area contributed by atoms with Crippen LogP contribution in [0.25, 0.3) is 121 Å². The van der Waals surface area contributed by atoms with Gasteiger partial charge in [0.05, 0.1) is 23.3 Å². The van der Waals surface area contributed by atoms with Crippen LogP contribution in [0.2, 0.25) is 0 Å². The average Bonchev–Trinajstić information content (AvgIpc) is 4.23. The zero-order valence-electron chi connectivity index (χ0n) is 39.1. The van der Waals surface area contributed by atoms with Gasteiger partial charge < -0.3 is 27.5 Å². The third kappa shape index (κ3) is 6.25. The van der Waals surface area contributed by atoms with Crippen molar-refractivity contribution in [2.45, 2.75) is 0 Å². The molecule has 0 aliphatic rings.